The summed E-state index contributed by atoms with van der Waals surface area (Å²) in [5.74, 6) is 0.911. The molecule has 1 saturated carbocycles. The van der Waals surface area contributed by atoms with Crippen LogP contribution in [-0.2, 0) is 4.79 Å². The summed E-state index contributed by atoms with van der Waals surface area (Å²) >= 11 is 0. The number of rotatable bonds is 7. The number of nitrogens with one attached hydrogen (secondary N) is 2. The van der Waals surface area contributed by atoms with E-state index in [-0.39, 0.29) is 11.9 Å². The van der Waals surface area contributed by atoms with Crippen LogP contribution in [0.5, 0.6) is 0 Å². The van der Waals surface area contributed by atoms with Gasteiger partial charge in [0.25, 0.3) is 0 Å². The number of amides is 1. The summed E-state index contributed by atoms with van der Waals surface area (Å²) in [5.41, 5.74) is 0. The molecular formula is C11H20N2O. The molecule has 1 aliphatic rings. The minimum Gasteiger partial charge on any atom is -0.352 e. The molecule has 0 aromatic heterocycles. The van der Waals surface area contributed by atoms with Gasteiger partial charge < -0.3 is 10.6 Å². The van der Waals surface area contributed by atoms with Crippen LogP contribution in [0, 0.1) is 5.92 Å². The van der Waals surface area contributed by atoms with Gasteiger partial charge in [-0.05, 0) is 38.6 Å². The number of carbonyl (C=O) groups is 1. The zero-order valence-corrected chi connectivity index (χ0v) is 8.88. The topological polar surface area (TPSA) is 41.1 Å². The third-order valence-electron chi connectivity index (χ3n) is 2.34. The quantitative estimate of drug-likeness (QED) is 0.598. The van der Waals surface area contributed by atoms with Crippen molar-refractivity contribution in [3.05, 3.63) is 12.7 Å². The van der Waals surface area contributed by atoms with Crippen molar-refractivity contribution in [2.75, 3.05) is 13.1 Å². The molecule has 1 amide bonds. The zero-order valence-electron chi connectivity index (χ0n) is 8.88. The molecule has 1 rings (SSSR count). The Hall–Kier alpha value is -0.830. The third-order valence-corrected chi connectivity index (χ3v) is 2.34. The third kappa shape index (κ3) is 5.02. The summed E-state index contributed by atoms with van der Waals surface area (Å²) in [6.45, 7) is 7.05. The van der Waals surface area contributed by atoms with Gasteiger partial charge in [0.05, 0.1) is 6.54 Å². The van der Waals surface area contributed by atoms with Crippen molar-refractivity contribution in [2.45, 2.75) is 32.2 Å². The molecule has 3 nitrogen and oxygen atoms in total. The van der Waals surface area contributed by atoms with Crippen LogP contribution in [-0.4, -0.2) is 25.0 Å². The molecular weight excluding hydrogens is 176 g/mol. The lowest BCUT2D eigenvalue weighted by atomic mass is 10.2. The van der Waals surface area contributed by atoms with Crippen molar-refractivity contribution in [3.63, 3.8) is 0 Å². The Morgan fingerprint density at radius 3 is 2.93 bits per heavy atom. The fourth-order valence-corrected chi connectivity index (χ4v) is 1.35. The minimum absolute atomic E-state index is 0.0833. The van der Waals surface area contributed by atoms with Crippen LogP contribution in [0.2, 0.25) is 0 Å². The highest BCUT2D eigenvalue weighted by atomic mass is 16.1. The van der Waals surface area contributed by atoms with E-state index < -0.39 is 0 Å². The lowest BCUT2D eigenvalue weighted by molar-refractivity contribution is -0.120. The van der Waals surface area contributed by atoms with Gasteiger partial charge in [0.15, 0.2) is 0 Å². The van der Waals surface area contributed by atoms with Gasteiger partial charge in [-0.15, -0.1) is 6.58 Å². The first-order valence-corrected chi connectivity index (χ1v) is 5.33. The summed E-state index contributed by atoms with van der Waals surface area (Å²) in [6, 6.07) is 0.197. The Bertz CT molecular complexity index is 199. The largest absolute Gasteiger partial charge is 0.352 e. The monoisotopic (exact) mass is 196 g/mol. The molecule has 14 heavy (non-hydrogen) atoms. The smallest absolute Gasteiger partial charge is 0.234 e. The maximum atomic E-state index is 11.3. The Morgan fingerprint density at radius 2 is 2.36 bits per heavy atom. The zero-order chi connectivity index (χ0) is 10.4. The number of carbonyl (C=O) groups excluding carboxylic acids is 1. The van der Waals surface area contributed by atoms with Crippen molar-refractivity contribution >= 4 is 5.91 Å². The van der Waals surface area contributed by atoms with E-state index in [0.717, 1.165) is 18.9 Å². The van der Waals surface area contributed by atoms with E-state index in [1.165, 1.54) is 12.8 Å². The standard InChI is InChI=1S/C11H20N2O/c1-3-4-9(2)13-11(14)8-12-7-10-5-6-10/h3,9-10,12H,1,4-8H2,2H3,(H,13,14). The van der Waals surface area contributed by atoms with Crippen molar-refractivity contribution in [1.82, 2.24) is 10.6 Å². The lowest BCUT2D eigenvalue weighted by Crippen LogP contribution is -2.39. The molecule has 2 N–H and O–H groups in total. The second-order valence-corrected chi connectivity index (χ2v) is 4.07. The van der Waals surface area contributed by atoms with Gasteiger partial charge in [-0.25, -0.2) is 0 Å². The van der Waals surface area contributed by atoms with Crippen LogP contribution in [0.4, 0.5) is 0 Å². The second-order valence-electron chi connectivity index (χ2n) is 4.07. The molecule has 0 spiro atoms. The maximum absolute atomic E-state index is 11.3. The molecule has 0 aromatic rings. The van der Waals surface area contributed by atoms with E-state index in [1.807, 2.05) is 13.0 Å². The van der Waals surface area contributed by atoms with Gasteiger partial charge >= 0.3 is 0 Å². The van der Waals surface area contributed by atoms with Crippen molar-refractivity contribution in [3.8, 4) is 0 Å². The van der Waals surface area contributed by atoms with Crippen LogP contribution in [0.15, 0.2) is 12.7 Å². The minimum atomic E-state index is 0.0833. The van der Waals surface area contributed by atoms with E-state index in [4.69, 9.17) is 0 Å². The summed E-state index contributed by atoms with van der Waals surface area (Å²) in [7, 11) is 0. The summed E-state index contributed by atoms with van der Waals surface area (Å²) < 4.78 is 0. The van der Waals surface area contributed by atoms with E-state index >= 15 is 0 Å². The summed E-state index contributed by atoms with van der Waals surface area (Å²) in [4.78, 5) is 11.3. The highest BCUT2D eigenvalue weighted by Crippen LogP contribution is 2.27. The highest BCUT2D eigenvalue weighted by Gasteiger charge is 2.20. The molecule has 1 aliphatic carbocycles. The molecule has 0 saturated heterocycles. The van der Waals surface area contributed by atoms with Gasteiger partial charge in [-0.1, -0.05) is 6.08 Å². The Balaban J connectivity index is 1.98. The lowest BCUT2D eigenvalue weighted by Gasteiger charge is -2.11. The molecule has 1 unspecified atom stereocenters. The molecule has 1 fully saturated rings. The second kappa shape index (κ2) is 5.81. The SMILES string of the molecule is C=CCC(C)NC(=O)CNCC1CC1. The number of hydrogen-bond donors (Lipinski definition) is 2. The Labute approximate surface area is 86.0 Å². The molecule has 1 atom stereocenters. The van der Waals surface area contributed by atoms with E-state index in [2.05, 4.69) is 17.2 Å². The highest BCUT2D eigenvalue weighted by molar-refractivity contribution is 5.78. The van der Waals surface area contributed by atoms with Crippen LogP contribution >= 0.6 is 0 Å². The van der Waals surface area contributed by atoms with E-state index in [0.29, 0.717) is 6.54 Å². The normalized spacial score (nSPS) is 17.5. The van der Waals surface area contributed by atoms with Gasteiger partial charge in [-0.2, -0.15) is 0 Å². The van der Waals surface area contributed by atoms with Gasteiger partial charge in [0, 0.05) is 6.04 Å². The molecule has 0 bridgehead atoms. The van der Waals surface area contributed by atoms with Crippen LogP contribution < -0.4 is 10.6 Å². The maximum Gasteiger partial charge on any atom is 0.234 e. The predicted molar refractivity (Wildman–Crippen MR) is 58.0 cm³/mol. The van der Waals surface area contributed by atoms with Gasteiger partial charge in [0.1, 0.15) is 0 Å². The summed E-state index contributed by atoms with van der Waals surface area (Å²) in [6.07, 6.45) is 5.29. The molecule has 0 radical (unpaired) electrons. The number of hydrogen-bond acceptors (Lipinski definition) is 2. The average Bonchev–Trinajstić information content (AvgIpc) is 2.88. The first-order chi connectivity index (χ1) is 6.72. The predicted octanol–water partition coefficient (Wildman–Crippen LogP) is 1.07. The fraction of sp³-hybridized carbons (Fsp3) is 0.727. The van der Waals surface area contributed by atoms with Crippen molar-refractivity contribution in [1.29, 1.82) is 0 Å². The first-order valence-electron chi connectivity index (χ1n) is 5.33. The average molecular weight is 196 g/mol. The van der Waals surface area contributed by atoms with Crippen molar-refractivity contribution in [2.24, 2.45) is 5.92 Å². The van der Waals surface area contributed by atoms with Crippen molar-refractivity contribution < 1.29 is 4.79 Å². The Kier molecular flexibility index (Phi) is 4.66. The molecule has 0 aliphatic heterocycles. The van der Waals surface area contributed by atoms with E-state index in [9.17, 15) is 4.79 Å². The van der Waals surface area contributed by atoms with E-state index in [1.54, 1.807) is 0 Å². The van der Waals surface area contributed by atoms with Gasteiger partial charge in [-0.3, -0.25) is 4.79 Å². The molecule has 3 heteroatoms. The van der Waals surface area contributed by atoms with Gasteiger partial charge in [0.2, 0.25) is 5.91 Å². The molecule has 80 valence electrons. The first kappa shape index (κ1) is 11.2. The van der Waals surface area contributed by atoms with Crippen LogP contribution in [0.3, 0.4) is 0 Å². The summed E-state index contributed by atoms with van der Waals surface area (Å²) in [5, 5.41) is 6.06. The van der Waals surface area contributed by atoms with Crippen LogP contribution in [0.25, 0.3) is 0 Å². The van der Waals surface area contributed by atoms with Crippen LogP contribution in [0.1, 0.15) is 26.2 Å². The molecule has 0 heterocycles. The Morgan fingerprint density at radius 1 is 1.64 bits per heavy atom. The molecule has 0 aromatic carbocycles. The fourth-order valence-electron chi connectivity index (χ4n) is 1.35.